The van der Waals surface area contributed by atoms with Crippen LogP contribution in [0, 0.1) is 5.92 Å². The topological polar surface area (TPSA) is 42.2 Å². The minimum Gasteiger partial charge on any atom is -0.389 e. The number of aromatic nitrogens is 1. The largest absolute Gasteiger partial charge is 0.389 e. The van der Waals surface area contributed by atoms with Crippen molar-refractivity contribution in [3.63, 3.8) is 0 Å². The number of likely N-dealkylation sites (tertiary alicyclic amines) is 1. The first kappa shape index (κ1) is 12.0. The predicted molar refractivity (Wildman–Crippen MR) is 71.7 cm³/mol. The molecule has 1 fully saturated rings. The Hall–Kier alpha value is -0.520. The Morgan fingerprint density at radius 2 is 2.31 bits per heavy atom. The van der Waals surface area contributed by atoms with Crippen LogP contribution in [0.3, 0.4) is 0 Å². The average molecular weight is 255 g/mol. The monoisotopic (exact) mass is 255 g/mol. The van der Waals surface area contributed by atoms with Gasteiger partial charge < -0.3 is 5.73 Å². The van der Waals surface area contributed by atoms with Gasteiger partial charge in [0.1, 0.15) is 10.00 Å². The third-order valence-electron chi connectivity index (χ3n) is 3.03. The molecule has 0 aromatic carbocycles. The molecule has 16 heavy (non-hydrogen) atoms. The van der Waals surface area contributed by atoms with E-state index in [4.69, 9.17) is 18.0 Å². The molecule has 0 aliphatic carbocycles. The van der Waals surface area contributed by atoms with Gasteiger partial charge in [-0.25, -0.2) is 4.98 Å². The van der Waals surface area contributed by atoms with Gasteiger partial charge in [0.25, 0.3) is 0 Å². The molecule has 0 bridgehead atoms. The highest BCUT2D eigenvalue weighted by Gasteiger charge is 2.17. The number of nitrogens with two attached hydrogens (primary N) is 1. The van der Waals surface area contributed by atoms with Gasteiger partial charge in [-0.1, -0.05) is 19.1 Å². The van der Waals surface area contributed by atoms with E-state index in [1.807, 2.05) is 0 Å². The van der Waals surface area contributed by atoms with Crippen LogP contribution in [0.5, 0.6) is 0 Å². The molecule has 0 saturated carbocycles. The van der Waals surface area contributed by atoms with Crippen molar-refractivity contribution in [3.8, 4) is 0 Å². The summed E-state index contributed by atoms with van der Waals surface area (Å²) in [6.45, 7) is 5.64. The van der Waals surface area contributed by atoms with Gasteiger partial charge >= 0.3 is 0 Å². The smallest absolute Gasteiger partial charge is 0.115 e. The van der Waals surface area contributed by atoms with Crippen LogP contribution in [0.15, 0.2) is 6.20 Å². The van der Waals surface area contributed by atoms with Gasteiger partial charge in [0, 0.05) is 6.20 Å². The molecule has 1 aromatic rings. The van der Waals surface area contributed by atoms with Crippen LogP contribution in [0.4, 0.5) is 0 Å². The maximum atomic E-state index is 5.57. The minimum atomic E-state index is 0.455. The lowest BCUT2D eigenvalue weighted by Crippen LogP contribution is -2.32. The lowest BCUT2D eigenvalue weighted by molar-refractivity contribution is 0.185. The van der Waals surface area contributed by atoms with Crippen molar-refractivity contribution < 1.29 is 0 Å². The Morgan fingerprint density at radius 1 is 1.62 bits per heavy atom. The zero-order valence-electron chi connectivity index (χ0n) is 9.48. The van der Waals surface area contributed by atoms with E-state index in [-0.39, 0.29) is 0 Å². The molecule has 1 saturated heterocycles. The Morgan fingerprint density at radius 3 is 2.88 bits per heavy atom. The van der Waals surface area contributed by atoms with Crippen molar-refractivity contribution in [2.75, 3.05) is 13.1 Å². The Bertz CT molecular complexity index is 367. The van der Waals surface area contributed by atoms with E-state index in [2.05, 4.69) is 16.8 Å². The number of hydrogen-bond acceptors (Lipinski definition) is 4. The van der Waals surface area contributed by atoms with Gasteiger partial charge in [-0.05, 0) is 31.8 Å². The summed E-state index contributed by atoms with van der Waals surface area (Å²) < 4.78 is 0. The van der Waals surface area contributed by atoms with Gasteiger partial charge in [0.15, 0.2) is 0 Å². The molecule has 2 rings (SSSR count). The first-order valence-electron chi connectivity index (χ1n) is 5.62. The zero-order valence-corrected chi connectivity index (χ0v) is 11.1. The lowest BCUT2D eigenvalue weighted by atomic mass is 9.99. The molecule has 1 aliphatic heterocycles. The van der Waals surface area contributed by atoms with Crippen LogP contribution in [-0.2, 0) is 6.54 Å². The highest BCUT2D eigenvalue weighted by molar-refractivity contribution is 7.81. The molecule has 3 nitrogen and oxygen atoms in total. The first-order chi connectivity index (χ1) is 7.65. The number of nitrogens with zero attached hydrogens (tertiary/aromatic N) is 2. The summed E-state index contributed by atoms with van der Waals surface area (Å²) in [5.74, 6) is 0.875. The third-order valence-corrected chi connectivity index (χ3v) is 4.40. The predicted octanol–water partition coefficient (Wildman–Crippen LogP) is 2.01. The van der Waals surface area contributed by atoms with Crippen LogP contribution in [-0.4, -0.2) is 28.0 Å². The molecule has 2 N–H and O–H groups in total. The molecule has 1 aliphatic rings. The van der Waals surface area contributed by atoms with Crippen LogP contribution in [0.1, 0.15) is 29.7 Å². The summed E-state index contributed by atoms with van der Waals surface area (Å²) in [7, 11) is 0. The summed E-state index contributed by atoms with van der Waals surface area (Å²) in [5, 5.41) is 1.12. The minimum absolute atomic E-state index is 0.455. The van der Waals surface area contributed by atoms with Crippen LogP contribution in [0.2, 0.25) is 0 Å². The van der Waals surface area contributed by atoms with E-state index >= 15 is 0 Å². The van der Waals surface area contributed by atoms with Gasteiger partial charge in [0.05, 0.1) is 11.4 Å². The van der Waals surface area contributed by atoms with Crippen molar-refractivity contribution in [3.05, 3.63) is 16.1 Å². The van der Waals surface area contributed by atoms with Crippen LogP contribution in [0.25, 0.3) is 0 Å². The summed E-state index contributed by atoms with van der Waals surface area (Å²) in [5.41, 5.74) is 5.57. The molecular formula is C11H17N3S2. The number of rotatable bonds is 3. The number of thiazole rings is 1. The number of hydrogen-bond donors (Lipinski definition) is 1. The van der Waals surface area contributed by atoms with Crippen LogP contribution < -0.4 is 5.73 Å². The van der Waals surface area contributed by atoms with Crippen molar-refractivity contribution >= 4 is 28.5 Å². The Labute approximate surface area is 106 Å². The summed E-state index contributed by atoms with van der Waals surface area (Å²) in [6.07, 6.45) is 4.38. The SMILES string of the molecule is CC1CCN(Cc2ncc(C(N)=S)s2)CC1. The van der Waals surface area contributed by atoms with Crippen LogP contribution >= 0.6 is 23.6 Å². The van der Waals surface area contributed by atoms with E-state index in [0.29, 0.717) is 4.99 Å². The fourth-order valence-electron chi connectivity index (χ4n) is 1.91. The molecule has 5 heteroatoms. The van der Waals surface area contributed by atoms with E-state index in [9.17, 15) is 0 Å². The van der Waals surface area contributed by atoms with Crippen molar-refractivity contribution in [1.29, 1.82) is 0 Å². The molecule has 0 atom stereocenters. The highest BCUT2D eigenvalue weighted by Crippen LogP contribution is 2.20. The molecule has 0 amide bonds. The summed E-state index contributed by atoms with van der Waals surface area (Å²) in [4.78, 5) is 8.20. The summed E-state index contributed by atoms with van der Waals surface area (Å²) in [6, 6.07) is 0. The highest BCUT2D eigenvalue weighted by atomic mass is 32.1. The summed E-state index contributed by atoms with van der Waals surface area (Å²) >= 11 is 6.55. The zero-order chi connectivity index (χ0) is 11.5. The van der Waals surface area contributed by atoms with Gasteiger partial charge in [0.2, 0.25) is 0 Å². The molecule has 1 aromatic heterocycles. The van der Waals surface area contributed by atoms with Crippen molar-refractivity contribution in [1.82, 2.24) is 9.88 Å². The molecule has 2 heterocycles. The standard InChI is InChI=1S/C11H17N3S2/c1-8-2-4-14(5-3-8)7-10-13-6-9(16-10)11(12)15/h6,8H,2-5,7H2,1H3,(H2,12,15). The molecular weight excluding hydrogens is 238 g/mol. The molecule has 88 valence electrons. The first-order valence-corrected chi connectivity index (χ1v) is 6.84. The normalized spacial score (nSPS) is 18.8. The molecule has 0 spiro atoms. The second-order valence-corrected chi connectivity index (χ2v) is 6.00. The quantitative estimate of drug-likeness (QED) is 0.839. The van der Waals surface area contributed by atoms with Gasteiger partial charge in [-0.3, -0.25) is 4.90 Å². The van der Waals surface area contributed by atoms with Gasteiger partial charge in [-0.2, -0.15) is 0 Å². The second kappa shape index (κ2) is 5.21. The maximum absolute atomic E-state index is 5.57. The second-order valence-electron chi connectivity index (χ2n) is 4.44. The number of thiocarbonyl (C=S) groups is 1. The van der Waals surface area contributed by atoms with E-state index in [1.165, 1.54) is 25.9 Å². The maximum Gasteiger partial charge on any atom is 0.115 e. The third kappa shape index (κ3) is 2.99. The average Bonchev–Trinajstić information content (AvgIpc) is 2.70. The molecule has 0 unspecified atom stereocenters. The lowest BCUT2D eigenvalue weighted by Gasteiger charge is -2.29. The Kier molecular flexibility index (Phi) is 3.89. The van der Waals surface area contributed by atoms with E-state index < -0.39 is 0 Å². The fourth-order valence-corrected chi connectivity index (χ4v) is 2.90. The Balaban J connectivity index is 1.91. The molecule has 0 radical (unpaired) electrons. The van der Waals surface area contributed by atoms with Gasteiger partial charge in [-0.15, -0.1) is 11.3 Å². The van der Waals surface area contributed by atoms with Crippen molar-refractivity contribution in [2.24, 2.45) is 11.7 Å². The van der Waals surface area contributed by atoms with E-state index in [1.54, 1.807) is 17.5 Å². The van der Waals surface area contributed by atoms with E-state index in [0.717, 1.165) is 22.3 Å². The van der Waals surface area contributed by atoms with Crippen molar-refractivity contribution in [2.45, 2.75) is 26.3 Å². The number of piperidine rings is 1. The fraction of sp³-hybridized carbons (Fsp3) is 0.636.